The fraction of sp³-hybridized carbons (Fsp3) is 1.00. The zero-order chi connectivity index (χ0) is 16.5. The number of hydrogen-bond donors (Lipinski definition) is 2. The summed E-state index contributed by atoms with van der Waals surface area (Å²) >= 11 is 4.61. The zero-order valence-corrected chi connectivity index (χ0v) is 16.5. The van der Waals surface area contributed by atoms with Crippen molar-refractivity contribution in [2.45, 2.75) is 110 Å². The van der Waals surface area contributed by atoms with Crippen molar-refractivity contribution >= 4 is 18.3 Å². The Morgan fingerprint density at radius 2 is 0.818 bits per heavy atom. The van der Waals surface area contributed by atoms with Crippen molar-refractivity contribution in [1.82, 2.24) is 0 Å². The van der Waals surface area contributed by atoms with Crippen LogP contribution in [0.2, 0.25) is 0 Å². The van der Waals surface area contributed by atoms with Gasteiger partial charge >= 0.3 is 0 Å². The van der Waals surface area contributed by atoms with Crippen LogP contribution in [0, 0.1) is 0 Å². The van der Waals surface area contributed by atoms with E-state index in [1.54, 1.807) is 0 Å². The molecule has 22 heavy (non-hydrogen) atoms. The molecule has 0 aliphatic rings. The van der Waals surface area contributed by atoms with E-state index in [4.69, 9.17) is 9.79 Å². The van der Waals surface area contributed by atoms with Gasteiger partial charge in [0, 0.05) is 6.16 Å². The van der Waals surface area contributed by atoms with Gasteiger partial charge in [0.25, 0.3) is 0 Å². The molecule has 2 nitrogen and oxygen atoms in total. The largest absolute Gasteiger partial charge is 0.345 e. The van der Waals surface area contributed by atoms with Crippen LogP contribution in [0.3, 0.4) is 0 Å². The average Bonchev–Trinajstić information content (AvgIpc) is 2.45. The van der Waals surface area contributed by atoms with Crippen molar-refractivity contribution in [3.8, 4) is 0 Å². The molecular weight excluding hydrogens is 311 g/mol. The van der Waals surface area contributed by atoms with Crippen LogP contribution >= 0.6 is 6.49 Å². The van der Waals surface area contributed by atoms with E-state index < -0.39 is 6.49 Å². The molecule has 0 aromatic heterocycles. The molecule has 0 aromatic carbocycles. The van der Waals surface area contributed by atoms with E-state index in [9.17, 15) is 0 Å². The quantitative estimate of drug-likeness (QED) is 0.231. The molecule has 2 N–H and O–H groups in total. The lowest BCUT2D eigenvalue weighted by Crippen LogP contribution is -1.88. The minimum atomic E-state index is -2.92. The Morgan fingerprint density at radius 3 is 1.09 bits per heavy atom. The molecule has 0 saturated carbocycles. The zero-order valence-electron chi connectivity index (χ0n) is 14.8. The highest BCUT2D eigenvalue weighted by atomic mass is 32.5. The smallest absolute Gasteiger partial charge is 0.183 e. The van der Waals surface area contributed by atoms with Crippen LogP contribution in [0.15, 0.2) is 0 Å². The van der Waals surface area contributed by atoms with Gasteiger partial charge in [-0.2, -0.15) is 0 Å². The third-order valence-electron chi connectivity index (χ3n) is 4.30. The van der Waals surface area contributed by atoms with Crippen LogP contribution in [0.4, 0.5) is 0 Å². The second kappa shape index (κ2) is 16.4. The highest BCUT2D eigenvalue weighted by Gasteiger charge is 2.05. The molecule has 0 radical (unpaired) electrons. The summed E-state index contributed by atoms with van der Waals surface area (Å²) in [6, 6.07) is 0. The van der Waals surface area contributed by atoms with E-state index in [0.29, 0.717) is 6.16 Å². The predicted molar refractivity (Wildman–Crippen MR) is 103 cm³/mol. The molecule has 4 heteroatoms. The van der Waals surface area contributed by atoms with Gasteiger partial charge in [-0.3, -0.25) is 0 Å². The van der Waals surface area contributed by atoms with Crippen LogP contribution in [-0.2, 0) is 11.8 Å². The minimum Gasteiger partial charge on any atom is -0.345 e. The molecule has 0 fully saturated rings. The van der Waals surface area contributed by atoms with Crippen LogP contribution < -0.4 is 0 Å². The molecule has 0 bridgehead atoms. The molecule has 0 saturated heterocycles. The summed E-state index contributed by atoms with van der Waals surface area (Å²) in [5.41, 5.74) is 0. The van der Waals surface area contributed by atoms with Crippen LogP contribution in [-0.4, -0.2) is 15.9 Å². The standard InChI is InChI=1S/C18H39O2PS/c1-2-3-4-5-6-7-8-9-10-11-12-13-14-15-16-17-18-21(19,20)22/h2-18H2,1H3,(H2,19,20,22). The lowest BCUT2D eigenvalue weighted by molar-refractivity contribution is 0.473. The van der Waals surface area contributed by atoms with Crippen LogP contribution in [0.5, 0.6) is 0 Å². The van der Waals surface area contributed by atoms with E-state index in [-0.39, 0.29) is 0 Å². The van der Waals surface area contributed by atoms with E-state index in [2.05, 4.69) is 18.7 Å². The van der Waals surface area contributed by atoms with Crippen molar-refractivity contribution in [2.75, 3.05) is 6.16 Å². The van der Waals surface area contributed by atoms with E-state index in [1.807, 2.05) is 0 Å². The second-order valence-electron chi connectivity index (χ2n) is 6.69. The van der Waals surface area contributed by atoms with Gasteiger partial charge in [0.15, 0.2) is 6.49 Å². The first-order valence-electron chi connectivity index (χ1n) is 9.61. The van der Waals surface area contributed by atoms with Crippen LogP contribution in [0.25, 0.3) is 0 Å². The molecule has 0 spiro atoms. The van der Waals surface area contributed by atoms with Crippen molar-refractivity contribution in [2.24, 2.45) is 0 Å². The summed E-state index contributed by atoms with van der Waals surface area (Å²) in [5.74, 6) is 0. The maximum Gasteiger partial charge on any atom is 0.183 e. The van der Waals surface area contributed by atoms with Gasteiger partial charge < -0.3 is 9.79 Å². The van der Waals surface area contributed by atoms with Crippen molar-refractivity contribution in [3.05, 3.63) is 0 Å². The van der Waals surface area contributed by atoms with E-state index >= 15 is 0 Å². The first-order chi connectivity index (χ1) is 10.6. The van der Waals surface area contributed by atoms with E-state index in [1.165, 1.54) is 89.9 Å². The predicted octanol–water partition coefficient (Wildman–Crippen LogP) is 6.54. The SMILES string of the molecule is CCCCCCCCCCCCCCCCCCP(O)(O)=S. The Kier molecular flexibility index (Phi) is 16.9. The summed E-state index contributed by atoms with van der Waals surface area (Å²) in [7, 11) is 0. The monoisotopic (exact) mass is 350 g/mol. The second-order valence-corrected chi connectivity index (χ2v) is 10.2. The molecule has 0 aliphatic heterocycles. The minimum absolute atomic E-state index is 0.431. The lowest BCUT2D eigenvalue weighted by Gasteiger charge is -2.06. The number of unbranched alkanes of at least 4 members (excludes halogenated alkanes) is 15. The average molecular weight is 351 g/mol. The topological polar surface area (TPSA) is 40.5 Å². The fourth-order valence-electron chi connectivity index (χ4n) is 2.87. The van der Waals surface area contributed by atoms with Crippen molar-refractivity contribution < 1.29 is 9.79 Å². The summed E-state index contributed by atoms with van der Waals surface area (Å²) < 4.78 is 0. The number of hydrogen-bond acceptors (Lipinski definition) is 1. The maximum atomic E-state index is 9.11. The molecule has 0 unspecified atom stereocenters. The Balaban J connectivity index is 3.01. The number of rotatable bonds is 17. The lowest BCUT2D eigenvalue weighted by atomic mass is 10.0. The molecule has 0 aliphatic carbocycles. The van der Waals surface area contributed by atoms with E-state index in [0.717, 1.165) is 12.8 Å². The maximum absolute atomic E-state index is 9.11. The molecule has 0 rings (SSSR count). The Labute approximate surface area is 144 Å². The summed E-state index contributed by atoms with van der Waals surface area (Å²) in [5, 5.41) is 0. The third-order valence-corrected chi connectivity index (χ3v) is 5.75. The Morgan fingerprint density at radius 1 is 0.545 bits per heavy atom. The molecule has 0 atom stereocenters. The van der Waals surface area contributed by atoms with Gasteiger partial charge in [0.05, 0.1) is 0 Å². The van der Waals surface area contributed by atoms with Gasteiger partial charge in [-0.1, -0.05) is 103 Å². The van der Waals surface area contributed by atoms with Gasteiger partial charge in [-0.25, -0.2) is 0 Å². The Bertz CT molecular complexity index is 266. The highest BCUT2D eigenvalue weighted by Crippen LogP contribution is 2.36. The molecular formula is C18H39O2PS. The normalized spacial score (nSPS) is 12.0. The van der Waals surface area contributed by atoms with Crippen molar-refractivity contribution in [1.29, 1.82) is 0 Å². The van der Waals surface area contributed by atoms with Gasteiger partial charge in [-0.15, -0.1) is 0 Å². The summed E-state index contributed by atoms with van der Waals surface area (Å²) in [4.78, 5) is 18.2. The third kappa shape index (κ3) is 20.6. The molecule has 134 valence electrons. The first kappa shape index (κ1) is 22.6. The van der Waals surface area contributed by atoms with Gasteiger partial charge in [0.2, 0.25) is 0 Å². The molecule has 0 amide bonds. The highest BCUT2D eigenvalue weighted by molar-refractivity contribution is 8.09. The van der Waals surface area contributed by atoms with Crippen molar-refractivity contribution in [3.63, 3.8) is 0 Å². The summed E-state index contributed by atoms with van der Waals surface area (Å²) in [6.07, 6.45) is 21.8. The Hall–Kier alpha value is 0.570. The summed E-state index contributed by atoms with van der Waals surface area (Å²) in [6.45, 7) is -0.646. The molecule has 0 heterocycles. The molecule has 0 aromatic rings. The fourth-order valence-corrected chi connectivity index (χ4v) is 3.89. The van der Waals surface area contributed by atoms with Gasteiger partial charge in [0.1, 0.15) is 0 Å². The van der Waals surface area contributed by atoms with Crippen LogP contribution in [0.1, 0.15) is 110 Å². The first-order valence-corrected chi connectivity index (χ1v) is 12.5. The van der Waals surface area contributed by atoms with Gasteiger partial charge in [-0.05, 0) is 18.2 Å².